The predicted molar refractivity (Wildman–Crippen MR) is 94.7 cm³/mol. The molecule has 2 aromatic heterocycles. The quantitative estimate of drug-likeness (QED) is 0.624. The monoisotopic (exact) mass is 326 g/mol. The van der Waals surface area contributed by atoms with Gasteiger partial charge in [0.25, 0.3) is 0 Å². The highest BCUT2D eigenvalue weighted by Gasteiger charge is 2.06. The van der Waals surface area contributed by atoms with Crippen LogP contribution >= 0.6 is 22.9 Å². The van der Waals surface area contributed by atoms with Gasteiger partial charge >= 0.3 is 0 Å². The summed E-state index contributed by atoms with van der Waals surface area (Å²) in [5.41, 5.74) is 2.19. The van der Waals surface area contributed by atoms with Gasteiger partial charge in [0.15, 0.2) is 0 Å². The molecule has 1 N–H and O–H groups in total. The number of benzene rings is 1. The normalized spacial score (nSPS) is 10.3. The number of H-pyrrole nitrogens is 1. The first-order chi connectivity index (χ1) is 10.7. The molecule has 4 heteroatoms. The third kappa shape index (κ3) is 3.38. The van der Waals surface area contributed by atoms with Gasteiger partial charge in [-0.15, -0.1) is 11.3 Å². The minimum absolute atomic E-state index is 0.690. The molecule has 0 spiro atoms. The topological polar surface area (TPSA) is 28.7 Å². The van der Waals surface area contributed by atoms with E-state index in [1.807, 2.05) is 37.3 Å². The van der Waals surface area contributed by atoms with Crippen LogP contribution in [-0.2, 0) is 0 Å². The molecule has 3 rings (SSSR count). The Morgan fingerprint density at radius 1 is 0.955 bits per heavy atom. The van der Waals surface area contributed by atoms with Gasteiger partial charge in [0.2, 0.25) is 0 Å². The molecule has 0 saturated heterocycles. The predicted octanol–water partition coefficient (Wildman–Crippen LogP) is 5.89. The summed E-state index contributed by atoms with van der Waals surface area (Å²) >= 11 is 8.15. The molecule has 0 bridgehead atoms. The molecule has 0 unspecified atom stereocenters. The summed E-state index contributed by atoms with van der Waals surface area (Å²) in [6, 6.07) is 18.4. The number of nitrogens with zero attached hydrogens (tertiary/aromatic N) is 1. The van der Waals surface area contributed by atoms with Crippen LogP contribution in [0.5, 0.6) is 0 Å². The summed E-state index contributed by atoms with van der Waals surface area (Å²) in [5, 5.41) is 0.690. The van der Waals surface area contributed by atoms with Gasteiger partial charge in [-0.1, -0.05) is 41.9 Å². The molecule has 0 fully saturated rings. The number of hydrogen-bond donors (Lipinski definition) is 1. The zero-order chi connectivity index (χ0) is 15.4. The summed E-state index contributed by atoms with van der Waals surface area (Å²) in [7, 11) is 0. The van der Waals surface area contributed by atoms with Crippen LogP contribution in [-0.4, -0.2) is 9.97 Å². The van der Waals surface area contributed by atoms with E-state index >= 15 is 0 Å². The lowest BCUT2D eigenvalue weighted by atomic mass is 10.2. The fourth-order valence-electron chi connectivity index (χ4n) is 2.11. The SMILES string of the molecule is Cc1nccc(-c2ccc(-c3ccccc3)s2)c(Cl)cc[nH]1. The van der Waals surface area contributed by atoms with Gasteiger partial charge in [-0.05, 0) is 36.8 Å². The minimum atomic E-state index is 0.690. The van der Waals surface area contributed by atoms with Crippen molar-refractivity contribution in [1.29, 1.82) is 0 Å². The molecule has 0 aliphatic rings. The van der Waals surface area contributed by atoms with E-state index in [2.05, 4.69) is 34.2 Å². The number of halogens is 1. The summed E-state index contributed by atoms with van der Waals surface area (Å²) in [5.74, 6) is 0.828. The van der Waals surface area contributed by atoms with E-state index in [-0.39, 0.29) is 0 Å². The first-order valence-electron chi connectivity index (χ1n) is 6.93. The van der Waals surface area contributed by atoms with Gasteiger partial charge in [-0.3, -0.25) is 0 Å². The van der Waals surface area contributed by atoms with Crippen molar-refractivity contribution < 1.29 is 0 Å². The Labute approximate surface area is 138 Å². The molecular weight excluding hydrogens is 312 g/mol. The zero-order valence-corrected chi connectivity index (χ0v) is 13.7. The maximum absolute atomic E-state index is 6.43. The lowest BCUT2D eigenvalue weighted by Gasteiger charge is -1.98. The number of aromatic amines is 1. The van der Waals surface area contributed by atoms with Gasteiger partial charge in [0.1, 0.15) is 5.82 Å². The van der Waals surface area contributed by atoms with Crippen LogP contribution in [0, 0.1) is 6.92 Å². The Balaban J connectivity index is 2.08. The molecule has 0 aliphatic carbocycles. The van der Waals surface area contributed by atoms with Crippen molar-refractivity contribution in [2.45, 2.75) is 6.92 Å². The molecule has 0 radical (unpaired) electrons. The molecule has 0 saturated carbocycles. The summed E-state index contributed by atoms with van der Waals surface area (Å²) in [6.45, 7) is 1.91. The third-order valence-corrected chi connectivity index (χ3v) is 4.72. The molecule has 0 amide bonds. The van der Waals surface area contributed by atoms with Gasteiger partial charge in [-0.2, -0.15) is 0 Å². The second-order valence-electron chi connectivity index (χ2n) is 4.80. The number of aromatic nitrogens is 2. The fraction of sp³-hybridized carbons (Fsp3) is 0.0556. The van der Waals surface area contributed by atoms with Crippen molar-refractivity contribution in [2.24, 2.45) is 0 Å². The Hall–Kier alpha value is -2.10. The molecule has 0 atom stereocenters. The van der Waals surface area contributed by atoms with Gasteiger partial charge in [-0.25, -0.2) is 4.98 Å². The average Bonchev–Trinajstić information content (AvgIpc) is 3.03. The van der Waals surface area contributed by atoms with Crippen molar-refractivity contribution in [3.05, 3.63) is 77.8 Å². The minimum Gasteiger partial charge on any atom is -0.350 e. The van der Waals surface area contributed by atoms with Crippen LogP contribution in [0.1, 0.15) is 5.82 Å². The smallest absolute Gasteiger partial charge is 0.102 e. The molecular formula is C18H15ClN2S. The summed E-state index contributed by atoms with van der Waals surface area (Å²) in [4.78, 5) is 9.71. The van der Waals surface area contributed by atoms with Crippen molar-refractivity contribution in [1.82, 2.24) is 9.97 Å². The van der Waals surface area contributed by atoms with E-state index in [0.29, 0.717) is 5.02 Å². The number of rotatable bonds is 2. The third-order valence-electron chi connectivity index (χ3n) is 3.22. The number of aryl methyl sites for hydroxylation is 1. The van der Waals surface area contributed by atoms with E-state index in [0.717, 1.165) is 16.3 Å². The van der Waals surface area contributed by atoms with Gasteiger partial charge in [0.05, 0.1) is 5.02 Å². The van der Waals surface area contributed by atoms with Crippen LogP contribution in [0.15, 0.2) is 67.0 Å². The Bertz CT molecular complexity index is 820. The van der Waals surface area contributed by atoms with E-state index in [1.165, 1.54) is 10.4 Å². The maximum atomic E-state index is 6.43. The Morgan fingerprint density at radius 2 is 1.73 bits per heavy atom. The van der Waals surface area contributed by atoms with Gasteiger partial charge in [0, 0.05) is 27.7 Å². The average molecular weight is 327 g/mol. The first kappa shape index (κ1) is 14.8. The largest absolute Gasteiger partial charge is 0.350 e. The number of nitrogens with one attached hydrogen (secondary N) is 1. The van der Waals surface area contributed by atoms with E-state index in [9.17, 15) is 0 Å². The Morgan fingerprint density at radius 3 is 2.55 bits per heavy atom. The summed E-state index contributed by atoms with van der Waals surface area (Å²) in [6.07, 6.45) is 3.58. The first-order valence-corrected chi connectivity index (χ1v) is 8.13. The van der Waals surface area contributed by atoms with Crippen LogP contribution in [0.2, 0.25) is 5.02 Å². The molecule has 0 aliphatic heterocycles. The van der Waals surface area contributed by atoms with Crippen molar-refractivity contribution in [3.8, 4) is 20.9 Å². The number of thiophene rings is 1. The van der Waals surface area contributed by atoms with Crippen LogP contribution in [0.4, 0.5) is 0 Å². The molecule has 3 aromatic rings. The van der Waals surface area contributed by atoms with Crippen LogP contribution in [0.25, 0.3) is 20.9 Å². The second-order valence-corrected chi connectivity index (χ2v) is 6.29. The standard InChI is InChI=1S/C18H15ClN2S/c1-13-20-11-9-15(16(19)10-12-21-13)18-8-7-17(22-18)14-5-3-2-4-6-14/h2-12H,1H3,(H,20,21). The lowest BCUT2D eigenvalue weighted by molar-refractivity contribution is 1.08. The van der Waals surface area contributed by atoms with Crippen molar-refractivity contribution >= 4 is 22.9 Å². The summed E-state index contributed by atoms with van der Waals surface area (Å²) < 4.78 is 0. The fourth-order valence-corrected chi connectivity index (χ4v) is 3.44. The molecule has 1 aromatic carbocycles. The highest BCUT2D eigenvalue weighted by atomic mass is 35.5. The molecule has 2 nitrogen and oxygen atoms in total. The van der Waals surface area contributed by atoms with E-state index in [1.54, 1.807) is 23.7 Å². The van der Waals surface area contributed by atoms with Gasteiger partial charge < -0.3 is 4.98 Å². The zero-order valence-electron chi connectivity index (χ0n) is 12.1. The van der Waals surface area contributed by atoms with Crippen LogP contribution in [0.3, 0.4) is 0 Å². The number of hydrogen-bond acceptors (Lipinski definition) is 2. The molecule has 2 heterocycles. The van der Waals surface area contributed by atoms with E-state index in [4.69, 9.17) is 11.6 Å². The Kier molecular flexibility index (Phi) is 4.56. The maximum Gasteiger partial charge on any atom is 0.102 e. The lowest BCUT2D eigenvalue weighted by Crippen LogP contribution is -1.76. The molecule has 22 heavy (non-hydrogen) atoms. The molecule has 110 valence electrons. The van der Waals surface area contributed by atoms with E-state index < -0.39 is 0 Å². The second kappa shape index (κ2) is 6.77. The van der Waals surface area contributed by atoms with Crippen molar-refractivity contribution in [2.75, 3.05) is 0 Å². The highest BCUT2D eigenvalue weighted by Crippen LogP contribution is 2.36. The highest BCUT2D eigenvalue weighted by molar-refractivity contribution is 7.18. The van der Waals surface area contributed by atoms with Crippen LogP contribution < -0.4 is 0 Å². The van der Waals surface area contributed by atoms with Crippen molar-refractivity contribution in [3.63, 3.8) is 0 Å².